The normalized spacial score (nSPS) is 16.4. The summed E-state index contributed by atoms with van der Waals surface area (Å²) in [6, 6.07) is 17.5. The molecule has 2 atom stereocenters. The second kappa shape index (κ2) is 9.48. The highest BCUT2D eigenvalue weighted by atomic mass is 19.1. The molecule has 2 aromatic heterocycles. The van der Waals surface area contributed by atoms with Gasteiger partial charge in [-0.15, -0.1) is 5.10 Å². The third kappa shape index (κ3) is 4.42. The summed E-state index contributed by atoms with van der Waals surface area (Å²) in [4.78, 5) is 22.3. The van der Waals surface area contributed by atoms with Gasteiger partial charge in [0.2, 0.25) is 5.95 Å². The largest absolute Gasteiger partial charge is 0.381 e. The molecule has 0 radical (unpaired) electrons. The van der Waals surface area contributed by atoms with Crippen LogP contribution in [-0.2, 0) is 4.74 Å². The first-order valence-electron chi connectivity index (χ1n) is 11.1. The van der Waals surface area contributed by atoms with E-state index in [2.05, 4.69) is 25.6 Å². The Bertz CT molecular complexity index is 1290. The van der Waals surface area contributed by atoms with Gasteiger partial charge in [0.25, 0.3) is 5.91 Å². The predicted molar refractivity (Wildman–Crippen MR) is 124 cm³/mol. The van der Waals surface area contributed by atoms with E-state index in [1.165, 1.54) is 16.8 Å². The van der Waals surface area contributed by atoms with Crippen LogP contribution >= 0.6 is 0 Å². The molecular weight excluding hydrogens is 435 g/mol. The van der Waals surface area contributed by atoms with E-state index in [1.54, 1.807) is 24.4 Å². The molecule has 2 aromatic carbocycles. The van der Waals surface area contributed by atoms with Crippen LogP contribution in [0.25, 0.3) is 22.6 Å². The Kier molecular flexibility index (Phi) is 6.09. The van der Waals surface area contributed by atoms with Gasteiger partial charge < -0.3 is 10.1 Å². The standard InChI is InChI=1S/C25H23FN6O2/c1-16(17-5-3-2-4-6-17)28-25-27-13-11-21(29-25)23-22(18-7-9-20(26)10-8-18)30-31-32(23)24(33)19-12-14-34-15-19/h2-11,13,16,19H,12,14-15H2,1H3,(H,27,28,29). The SMILES string of the molecule is CC(Nc1nccc(-c2c(-c3ccc(F)cc3)nnn2C(=O)C2CCOC2)n1)c1ccccc1. The monoisotopic (exact) mass is 458 g/mol. The molecule has 8 nitrogen and oxygen atoms in total. The quantitative estimate of drug-likeness (QED) is 0.458. The van der Waals surface area contributed by atoms with E-state index >= 15 is 0 Å². The number of halogens is 1. The van der Waals surface area contributed by atoms with Crippen molar-refractivity contribution in [1.82, 2.24) is 25.0 Å². The van der Waals surface area contributed by atoms with Crippen LogP contribution in [0.4, 0.5) is 10.3 Å². The number of carbonyl (C=O) groups is 1. The van der Waals surface area contributed by atoms with E-state index in [0.717, 1.165) is 5.56 Å². The number of ether oxygens (including phenoxy) is 1. The van der Waals surface area contributed by atoms with Crippen molar-refractivity contribution in [2.24, 2.45) is 5.92 Å². The first-order valence-corrected chi connectivity index (χ1v) is 11.1. The minimum atomic E-state index is -0.361. The maximum absolute atomic E-state index is 13.5. The van der Waals surface area contributed by atoms with E-state index in [0.29, 0.717) is 48.2 Å². The third-order valence-electron chi connectivity index (χ3n) is 5.82. The van der Waals surface area contributed by atoms with Gasteiger partial charge in [-0.1, -0.05) is 35.5 Å². The lowest BCUT2D eigenvalue weighted by atomic mass is 10.1. The van der Waals surface area contributed by atoms with Gasteiger partial charge in [0.1, 0.15) is 17.2 Å². The first kappa shape index (κ1) is 21.8. The van der Waals surface area contributed by atoms with Crippen LogP contribution in [-0.4, -0.2) is 44.1 Å². The van der Waals surface area contributed by atoms with Crippen LogP contribution in [0.3, 0.4) is 0 Å². The fourth-order valence-electron chi connectivity index (χ4n) is 3.95. The fourth-order valence-corrected chi connectivity index (χ4v) is 3.95. The van der Waals surface area contributed by atoms with E-state index in [4.69, 9.17) is 4.74 Å². The van der Waals surface area contributed by atoms with Gasteiger partial charge >= 0.3 is 0 Å². The number of rotatable bonds is 6. The zero-order chi connectivity index (χ0) is 23.5. The summed E-state index contributed by atoms with van der Waals surface area (Å²) < 4.78 is 20.2. The summed E-state index contributed by atoms with van der Waals surface area (Å²) in [5, 5.41) is 11.7. The lowest BCUT2D eigenvalue weighted by molar-refractivity contribution is 0.0798. The summed E-state index contributed by atoms with van der Waals surface area (Å²) in [7, 11) is 0. The molecule has 2 unspecified atom stereocenters. The van der Waals surface area contributed by atoms with Crippen LogP contribution in [0.1, 0.15) is 29.7 Å². The van der Waals surface area contributed by atoms with Crippen molar-refractivity contribution in [1.29, 1.82) is 0 Å². The molecule has 1 aliphatic rings. The Balaban J connectivity index is 1.55. The van der Waals surface area contributed by atoms with E-state index in [9.17, 15) is 9.18 Å². The molecule has 1 fully saturated rings. The molecule has 0 aliphatic carbocycles. The number of benzene rings is 2. The van der Waals surface area contributed by atoms with Gasteiger partial charge in [0.15, 0.2) is 0 Å². The van der Waals surface area contributed by atoms with Gasteiger partial charge in [-0.25, -0.2) is 14.4 Å². The van der Waals surface area contributed by atoms with Crippen molar-refractivity contribution in [2.45, 2.75) is 19.4 Å². The Morgan fingerprint density at radius 2 is 1.94 bits per heavy atom. The second-order valence-electron chi connectivity index (χ2n) is 8.15. The van der Waals surface area contributed by atoms with Crippen molar-refractivity contribution in [2.75, 3.05) is 18.5 Å². The van der Waals surface area contributed by atoms with E-state index in [1.807, 2.05) is 37.3 Å². The molecule has 9 heteroatoms. The summed E-state index contributed by atoms with van der Waals surface area (Å²) in [5.74, 6) is -0.471. The molecule has 1 N–H and O–H groups in total. The Labute approximate surface area is 195 Å². The molecule has 4 aromatic rings. The maximum Gasteiger partial charge on any atom is 0.254 e. The van der Waals surface area contributed by atoms with Gasteiger partial charge in [-0.05, 0) is 49.2 Å². The molecule has 3 heterocycles. The molecule has 1 saturated heterocycles. The molecule has 34 heavy (non-hydrogen) atoms. The van der Waals surface area contributed by atoms with Crippen LogP contribution in [0.15, 0.2) is 66.9 Å². The van der Waals surface area contributed by atoms with Crippen LogP contribution in [0.2, 0.25) is 0 Å². The van der Waals surface area contributed by atoms with Crippen LogP contribution in [0, 0.1) is 11.7 Å². The van der Waals surface area contributed by atoms with Crippen molar-refractivity contribution in [3.63, 3.8) is 0 Å². The van der Waals surface area contributed by atoms with Gasteiger partial charge in [-0.2, -0.15) is 4.68 Å². The number of carbonyl (C=O) groups excluding carboxylic acids is 1. The number of nitrogens with one attached hydrogen (secondary N) is 1. The lowest BCUT2D eigenvalue weighted by Crippen LogP contribution is -2.24. The molecule has 0 amide bonds. The Hall–Kier alpha value is -3.98. The van der Waals surface area contributed by atoms with Crippen molar-refractivity contribution in [3.05, 3.63) is 78.2 Å². The summed E-state index contributed by atoms with van der Waals surface area (Å²) in [6.45, 7) is 2.89. The highest BCUT2D eigenvalue weighted by Gasteiger charge is 2.30. The molecule has 0 bridgehead atoms. The molecule has 0 saturated carbocycles. The zero-order valence-corrected chi connectivity index (χ0v) is 18.6. The topological polar surface area (TPSA) is 94.8 Å². The fraction of sp³-hybridized carbons (Fsp3) is 0.240. The summed E-state index contributed by atoms with van der Waals surface area (Å²) >= 11 is 0. The van der Waals surface area contributed by atoms with Crippen molar-refractivity contribution >= 4 is 11.9 Å². The maximum atomic E-state index is 13.5. The third-order valence-corrected chi connectivity index (χ3v) is 5.82. The number of nitrogens with zero attached hydrogens (tertiary/aromatic N) is 5. The molecule has 172 valence electrons. The first-order chi connectivity index (χ1) is 16.6. The number of anilines is 1. The van der Waals surface area contributed by atoms with Crippen LogP contribution < -0.4 is 5.32 Å². The minimum Gasteiger partial charge on any atom is -0.381 e. The van der Waals surface area contributed by atoms with Crippen LogP contribution in [0.5, 0.6) is 0 Å². The Morgan fingerprint density at radius 1 is 1.15 bits per heavy atom. The van der Waals surface area contributed by atoms with E-state index in [-0.39, 0.29) is 23.7 Å². The average molecular weight is 458 g/mol. The highest BCUT2D eigenvalue weighted by Crippen LogP contribution is 2.31. The zero-order valence-electron chi connectivity index (χ0n) is 18.6. The number of hydrogen-bond acceptors (Lipinski definition) is 7. The van der Waals surface area contributed by atoms with Gasteiger partial charge in [0, 0.05) is 18.4 Å². The van der Waals surface area contributed by atoms with Crippen molar-refractivity contribution in [3.8, 4) is 22.6 Å². The van der Waals surface area contributed by atoms with E-state index < -0.39 is 0 Å². The molecule has 5 rings (SSSR count). The van der Waals surface area contributed by atoms with Gasteiger partial charge in [-0.3, -0.25) is 4.79 Å². The highest BCUT2D eigenvalue weighted by molar-refractivity contribution is 5.89. The average Bonchev–Trinajstić information content (AvgIpc) is 3.56. The predicted octanol–water partition coefficient (Wildman–Crippen LogP) is 4.39. The number of aromatic nitrogens is 5. The lowest BCUT2D eigenvalue weighted by Gasteiger charge is -2.15. The minimum absolute atomic E-state index is 0.0340. The molecule has 0 spiro atoms. The van der Waals surface area contributed by atoms with Crippen molar-refractivity contribution < 1.29 is 13.9 Å². The number of hydrogen-bond donors (Lipinski definition) is 1. The second-order valence-corrected chi connectivity index (χ2v) is 8.15. The summed E-state index contributed by atoms with van der Waals surface area (Å²) in [5.41, 5.74) is 3.07. The van der Waals surface area contributed by atoms with Gasteiger partial charge in [0.05, 0.1) is 24.3 Å². The smallest absolute Gasteiger partial charge is 0.254 e. The Morgan fingerprint density at radius 3 is 2.68 bits per heavy atom. The molecular formula is C25H23FN6O2. The summed E-state index contributed by atoms with van der Waals surface area (Å²) in [6.07, 6.45) is 2.24. The molecule has 1 aliphatic heterocycles.